The highest BCUT2D eigenvalue weighted by molar-refractivity contribution is 6.89. The SMILES string of the molecule is C[Si](C)(C)c1c(F)c(Cl)nc(Cl)c1C(=O)O. The number of hydrogen-bond acceptors (Lipinski definition) is 2. The van der Waals surface area contributed by atoms with Crippen LogP contribution in [-0.4, -0.2) is 24.1 Å². The lowest BCUT2D eigenvalue weighted by Gasteiger charge is -2.20. The van der Waals surface area contributed by atoms with Gasteiger partial charge in [0.1, 0.15) is 5.15 Å². The van der Waals surface area contributed by atoms with Crippen molar-refractivity contribution in [3.05, 3.63) is 21.7 Å². The van der Waals surface area contributed by atoms with E-state index in [0.29, 0.717) is 0 Å². The van der Waals surface area contributed by atoms with E-state index in [-0.39, 0.29) is 21.1 Å². The molecule has 0 fully saturated rings. The van der Waals surface area contributed by atoms with Gasteiger partial charge in [-0.1, -0.05) is 42.8 Å². The minimum atomic E-state index is -2.21. The Balaban J connectivity index is 3.72. The summed E-state index contributed by atoms with van der Waals surface area (Å²) in [5.41, 5.74) is -0.275. The molecule has 0 radical (unpaired) electrons. The topological polar surface area (TPSA) is 50.2 Å². The lowest BCUT2D eigenvalue weighted by molar-refractivity contribution is 0.0697. The first-order valence-electron chi connectivity index (χ1n) is 4.44. The van der Waals surface area contributed by atoms with Gasteiger partial charge in [-0.15, -0.1) is 0 Å². The van der Waals surface area contributed by atoms with Gasteiger partial charge in [-0.05, 0) is 5.19 Å². The van der Waals surface area contributed by atoms with Crippen LogP contribution >= 0.6 is 23.2 Å². The van der Waals surface area contributed by atoms with Crippen molar-refractivity contribution in [3.8, 4) is 0 Å². The van der Waals surface area contributed by atoms with Crippen molar-refractivity contribution in [2.24, 2.45) is 0 Å². The first-order valence-corrected chi connectivity index (χ1v) is 8.70. The summed E-state index contributed by atoms with van der Waals surface area (Å²) in [6.45, 7) is 5.43. The summed E-state index contributed by atoms with van der Waals surface area (Å²) < 4.78 is 13.8. The van der Waals surface area contributed by atoms with Crippen molar-refractivity contribution in [3.63, 3.8) is 0 Å². The molecule has 0 aliphatic carbocycles. The fourth-order valence-electron chi connectivity index (χ4n) is 1.41. The van der Waals surface area contributed by atoms with Crippen LogP contribution in [0.2, 0.25) is 29.9 Å². The van der Waals surface area contributed by atoms with E-state index in [9.17, 15) is 9.18 Å². The van der Waals surface area contributed by atoms with Crippen molar-refractivity contribution in [1.82, 2.24) is 4.98 Å². The molecule has 1 heterocycles. The lowest BCUT2D eigenvalue weighted by atomic mass is 10.3. The number of aromatic carboxylic acids is 1. The van der Waals surface area contributed by atoms with Crippen molar-refractivity contribution in [1.29, 1.82) is 0 Å². The molecule has 16 heavy (non-hydrogen) atoms. The quantitative estimate of drug-likeness (QED) is 0.670. The molecule has 1 N–H and O–H groups in total. The van der Waals surface area contributed by atoms with Crippen LogP contribution in [0.25, 0.3) is 0 Å². The Bertz CT molecular complexity index is 460. The third-order valence-corrected chi connectivity index (χ3v) is 4.51. The molecular weight excluding hydrogens is 272 g/mol. The largest absolute Gasteiger partial charge is 0.478 e. The van der Waals surface area contributed by atoms with Gasteiger partial charge in [-0.25, -0.2) is 14.2 Å². The zero-order valence-electron chi connectivity index (χ0n) is 8.94. The first-order chi connectivity index (χ1) is 7.16. The summed E-state index contributed by atoms with van der Waals surface area (Å²) in [5, 5.41) is 8.47. The minimum absolute atomic E-state index is 0.102. The van der Waals surface area contributed by atoms with Gasteiger partial charge in [0.25, 0.3) is 0 Å². The number of hydrogen-bond donors (Lipinski definition) is 1. The van der Waals surface area contributed by atoms with Crippen LogP contribution in [0.1, 0.15) is 10.4 Å². The molecule has 1 aromatic heterocycles. The van der Waals surface area contributed by atoms with E-state index >= 15 is 0 Å². The highest BCUT2D eigenvalue weighted by atomic mass is 35.5. The zero-order chi connectivity index (χ0) is 12.7. The molecule has 0 saturated heterocycles. The Morgan fingerprint density at radius 3 is 2.19 bits per heavy atom. The van der Waals surface area contributed by atoms with Crippen LogP contribution < -0.4 is 5.19 Å². The molecular formula is C9H10Cl2FNO2Si. The van der Waals surface area contributed by atoms with E-state index in [1.165, 1.54) is 0 Å². The predicted molar refractivity (Wildman–Crippen MR) is 64.2 cm³/mol. The molecule has 0 aliphatic heterocycles. The smallest absolute Gasteiger partial charge is 0.338 e. The number of carboxylic acids is 1. The van der Waals surface area contributed by atoms with Crippen molar-refractivity contribution in [2.75, 3.05) is 0 Å². The maximum atomic E-state index is 13.8. The lowest BCUT2D eigenvalue weighted by Crippen LogP contribution is -2.44. The Hall–Kier alpha value is -0.653. The van der Waals surface area contributed by atoms with Crippen molar-refractivity contribution < 1.29 is 14.3 Å². The van der Waals surface area contributed by atoms with E-state index < -0.39 is 19.9 Å². The molecule has 0 amide bonds. The van der Waals surface area contributed by atoms with Gasteiger partial charge in [0.05, 0.1) is 13.6 Å². The molecule has 0 saturated carbocycles. The molecule has 0 atom stereocenters. The molecule has 0 aliphatic rings. The van der Waals surface area contributed by atoms with E-state index in [1.54, 1.807) is 0 Å². The van der Waals surface area contributed by atoms with Crippen LogP contribution in [0.3, 0.4) is 0 Å². The summed E-state index contributed by atoms with van der Waals surface area (Å²) >= 11 is 11.2. The number of aromatic nitrogens is 1. The second-order valence-electron chi connectivity index (χ2n) is 4.31. The number of halogens is 3. The van der Waals surface area contributed by atoms with Crippen LogP contribution in [0.5, 0.6) is 0 Å². The summed E-state index contributed by atoms with van der Waals surface area (Å²) in [7, 11) is -2.21. The van der Waals surface area contributed by atoms with Crippen molar-refractivity contribution in [2.45, 2.75) is 19.6 Å². The average Bonchev–Trinajstić information content (AvgIpc) is 2.07. The van der Waals surface area contributed by atoms with Crippen LogP contribution in [0.4, 0.5) is 4.39 Å². The standard InChI is InChI=1S/C9H10Cl2FNO2Si/c1-16(2,3)6-4(9(14)15)7(10)13-8(11)5(6)12/h1-3H3,(H,14,15). The van der Waals surface area contributed by atoms with Gasteiger partial charge in [0, 0.05) is 0 Å². The van der Waals surface area contributed by atoms with Crippen LogP contribution in [-0.2, 0) is 0 Å². The van der Waals surface area contributed by atoms with Gasteiger partial charge in [0.2, 0.25) is 0 Å². The highest BCUT2D eigenvalue weighted by Crippen LogP contribution is 2.22. The van der Waals surface area contributed by atoms with Crippen LogP contribution in [0, 0.1) is 5.82 Å². The number of pyridine rings is 1. The van der Waals surface area contributed by atoms with E-state index in [0.717, 1.165) is 0 Å². The fourth-order valence-corrected chi connectivity index (χ4v) is 3.80. The monoisotopic (exact) mass is 281 g/mol. The zero-order valence-corrected chi connectivity index (χ0v) is 11.4. The van der Waals surface area contributed by atoms with Crippen LogP contribution in [0.15, 0.2) is 0 Å². The van der Waals surface area contributed by atoms with Crippen molar-refractivity contribution >= 4 is 42.4 Å². The van der Waals surface area contributed by atoms with Gasteiger partial charge >= 0.3 is 5.97 Å². The number of carbonyl (C=O) groups is 1. The predicted octanol–water partition coefficient (Wildman–Crippen LogP) is 2.77. The Morgan fingerprint density at radius 1 is 1.31 bits per heavy atom. The maximum Gasteiger partial charge on any atom is 0.338 e. The molecule has 7 heteroatoms. The molecule has 0 unspecified atom stereocenters. The second-order valence-corrected chi connectivity index (χ2v) is 10.0. The number of carboxylic acid groups (broad SMARTS) is 1. The third-order valence-electron chi connectivity index (χ3n) is 2.02. The normalized spacial score (nSPS) is 11.6. The van der Waals surface area contributed by atoms with E-state index in [2.05, 4.69) is 4.98 Å². The Morgan fingerprint density at radius 2 is 1.81 bits per heavy atom. The highest BCUT2D eigenvalue weighted by Gasteiger charge is 2.31. The maximum absolute atomic E-state index is 13.8. The van der Waals surface area contributed by atoms with E-state index in [4.69, 9.17) is 28.3 Å². The number of rotatable bonds is 2. The number of nitrogens with zero attached hydrogens (tertiary/aromatic N) is 1. The molecule has 3 nitrogen and oxygen atoms in total. The van der Waals surface area contributed by atoms with Gasteiger partial charge in [-0.3, -0.25) is 0 Å². The van der Waals surface area contributed by atoms with Gasteiger partial charge < -0.3 is 5.11 Å². The van der Waals surface area contributed by atoms with Gasteiger partial charge in [-0.2, -0.15) is 0 Å². The first kappa shape index (κ1) is 13.4. The summed E-state index contributed by atoms with van der Waals surface area (Å²) in [6, 6.07) is 0. The second kappa shape index (κ2) is 4.31. The third kappa shape index (κ3) is 2.36. The fraction of sp³-hybridized carbons (Fsp3) is 0.333. The minimum Gasteiger partial charge on any atom is -0.478 e. The molecule has 1 rings (SSSR count). The summed E-state index contributed by atoms with van der Waals surface area (Å²) in [6.07, 6.45) is 0. The average molecular weight is 282 g/mol. The summed E-state index contributed by atoms with van der Waals surface area (Å²) in [5.74, 6) is -2.06. The molecule has 1 aromatic rings. The molecule has 88 valence electrons. The Kier molecular flexibility index (Phi) is 3.61. The molecule has 0 spiro atoms. The summed E-state index contributed by atoms with van der Waals surface area (Å²) in [4.78, 5) is 14.5. The van der Waals surface area contributed by atoms with E-state index in [1.807, 2.05) is 19.6 Å². The Labute approximate surface area is 103 Å². The molecule has 0 bridgehead atoms. The van der Waals surface area contributed by atoms with Gasteiger partial charge in [0.15, 0.2) is 11.0 Å². The molecule has 0 aromatic carbocycles.